The number of hydrogen-bond donors (Lipinski definition) is 1. The molecule has 1 rings (SSSR count). The van der Waals surface area contributed by atoms with Crippen LogP contribution in [0, 0.1) is 0 Å². The number of carbonyl (C=O) groups is 2. The molecule has 0 spiro atoms. The lowest BCUT2D eigenvalue weighted by atomic mass is 10.1. The molecule has 16 heavy (non-hydrogen) atoms. The lowest BCUT2D eigenvalue weighted by molar-refractivity contribution is -0.132. The lowest BCUT2D eigenvalue weighted by Gasteiger charge is -2.20. The zero-order chi connectivity index (χ0) is 12.1. The minimum atomic E-state index is -0.624. The molecular weight excluding hydrogens is 272 g/mol. The van der Waals surface area contributed by atoms with Crippen molar-refractivity contribution in [2.24, 2.45) is 0 Å². The van der Waals surface area contributed by atoms with Crippen LogP contribution < -0.4 is 5.32 Å². The minimum Gasteiger partial charge on any atom is -0.347 e. The number of amides is 2. The van der Waals surface area contributed by atoms with Crippen molar-refractivity contribution in [1.82, 2.24) is 10.2 Å². The molecule has 0 radical (unpaired) electrons. The van der Waals surface area contributed by atoms with Crippen LogP contribution in [0.2, 0.25) is 0 Å². The molecule has 5 heteroatoms. The molecule has 0 fully saturated rings. The lowest BCUT2D eigenvalue weighted by Crippen LogP contribution is -2.36. The minimum absolute atomic E-state index is 0.158. The smallest absolute Gasteiger partial charge is 0.249 e. The largest absolute Gasteiger partial charge is 0.347 e. The summed E-state index contributed by atoms with van der Waals surface area (Å²) in [5.74, 6) is -0.158. The molecule has 0 aromatic heterocycles. The van der Waals surface area contributed by atoms with Crippen LogP contribution in [-0.4, -0.2) is 31.3 Å². The van der Waals surface area contributed by atoms with E-state index < -0.39 is 6.04 Å². The molecule has 2 amide bonds. The fraction of sp³-hybridized carbons (Fsp3) is 0.273. The Hall–Kier alpha value is -1.36. The molecule has 86 valence electrons. The summed E-state index contributed by atoms with van der Waals surface area (Å²) in [4.78, 5) is 23.8. The molecule has 0 saturated heterocycles. The van der Waals surface area contributed by atoms with E-state index in [1.54, 1.807) is 26.2 Å². The highest BCUT2D eigenvalue weighted by Gasteiger charge is 2.21. The second-order valence-corrected chi connectivity index (χ2v) is 4.42. The molecule has 0 heterocycles. The number of hydrogen-bond acceptors (Lipinski definition) is 2. The molecule has 1 N–H and O–H groups in total. The maximum atomic E-state index is 11.8. The normalized spacial score (nSPS) is 11.7. The molecule has 0 aliphatic carbocycles. The Morgan fingerprint density at radius 2 is 1.94 bits per heavy atom. The topological polar surface area (TPSA) is 49.4 Å². The number of carbonyl (C=O) groups excluding carboxylic acids is 2. The molecule has 1 atom stereocenters. The van der Waals surface area contributed by atoms with Crippen LogP contribution in [-0.2, 0) is 9.59 Å². The summed E-state index contributed by atoms with van der Waals surface area (Å²) in [6.45, 7) is 0. The van der Waals surface area contributed by atoms with E-state index >= 15 is 0 Å². The Balaban J connectivity index is 2.97. The van der Waals surface area contributed by atoms with Gasteiger partial charge in [-0.15, -0.1) is 0 Å². The highest BCUT2D eigenvalue weighted by atomic mass is 79.9. The SMILES string of the molecule is CN(C)C(=O)C(NC=O)c1ccc(Br)cc1. The molecule has 1 aromatic carbocycles. The number of nitrogens with one attached hydrogen (secondary N) is 1. The van der Waals surface area contributed by atoms with Gasteiger partial charge in [0.15, 0.2) is 0 Å². The van der Waals surface area contributed by atoms with E-state index in [9.17, 15) is 9.59 Å². The van der Waals surface area contributed by atoms with Crippen molar-refractivity contribution in [2.75, 3.05) is 14.1 Å². The first kappa shape index (κ1) is 12.7. The van der Waals surface area contributed by atoms with Crippen molar-refractivity contribution in [2.45, 2.75) is 6.04 Å². The molecule has 0 aliphatic heterocycles. The van der Waals surface area contributed by atoms with E-state index in [4.69, 9.17) is 0 Å². The quantitative estimate of drug-likeness (QED) is 0.848. The molecule has 4 nitrogen and oxygen atoms in total. The molecule has 1 aromatic rings. The van der Waals surface area contributed by atoms with E-state index in [2.05, 4.69) is 21.2 Å². The first-order chi connectivity index (χ1) is 7.56. The Bertz CT molecular complexity index is 376. The van der Waals surface area contributed by atoms with Gasteiger partial charge in [0, 0.05) is 18.6 Å². The summed E-state index contributed by atoms with van der Waals surface area (Å²) in [7, 11) is 3.31. The third kappa shape index (κ3) is 3.06. The highest BCUT2D eigenvalue weighted by Crippen LogP contribution is 2.17. The zero-order valence-corrected chi connectivity index (χ0v) is 10.7. The van der Waals surface area contributed by atoms with Crippen LogP contribution in [0.25, 0.3) is 0 Å². The molecule has 0 aliphatic rings. The first-order valence-corrected chi connectivity index (χ1v) is 5.52. The Morgan fingerprint density at radius 1 is 1.38 bits per heavy atom. The summed E-state index contributed by atoms with van der Waals surface area (Å²) in [5.41, 5.74) is 0.758. The average Bonchev–Trinajstić information content (AvgIpc) is 2.26. The van der Waals surface area contributed by atoms with E-state index in [1.807, 2.05) is 12.1 Å². The fourth-order valence-corrected chi connectivity index (χ4v) is 1.56. The second kappa shape index (κ2) is 5.65. The molecule has 1 unspecified atom stereocenters. The second-order valence-electron chi connectivity index (χ2n) is 3.50. The van der Waals surface area contributed by atoms with Crippen molar-refractivity contribution in [3.8, 4) is 0 Å². The predicted molar refractivity (Wildman–Crippen MR) is 64.8 cm³/mol. The van der Waals surface area contributed by atoms with Gasteiger partial charge in [-0.3, -0.25) is 9.59 Å². The molecule has 0 saturated carbocycles. The Labute approximate surface area is 103 Å². The predicted octanol–water partition coefficient (Wildman–Crippen LogP) is 1.32. The summed E-state index contributed by atoms with van der Waals surface area (Å²) in [5, 5.41) is 2.51. The van der Waals surface area contributed by atoms with Gasteiger partial charge in [0.05, 0.1) is 0 Å². The van der Waals surface area contributed by atoms with Crippen LogP contribution in [0.4, 0.5) is 0 Å². The fourth-order valence-electron chi connectivity index (χ4n) is 1.29. The van der Waals surface area contributed by atoms with Gasteiger partial charge < -0.3 is 10.2 Å². The summed E-state index contributed by atoms with van der Waals surface area (Å²) < 4.78 is 0.929. The van der Waals surface area contributed by atoms with E-state index in [0.29, 0.717) is 6.41 Å². The van der Waals surface area contributed by atoms with Crippen LogP contribution in [0.1, 0.15) is 11.6 Å². The van der Waals surface area contributed by atoms with Crippen molar-refractivity contribution >= 4 is 28.2 Å². The van der Waals surface area contributed by atoms with Crippen LogP contribution >= 0.6 is 15.9 Å². The van der Waals surface area contributed by atoms with E-state index in [-0.39, 0.29) is 5.91 Å². The van der Waals surface area contributed by atoms with Crippen molar-refractivity contribution in [3.63, 3.8) is 0 Å². The summed E-state index contributed by atoms with van der Waals surface area (Å²) in [6.07, 6.45) is 0.536. The number of benzene rings is 1. The first-order valence-electron chi connectivity index (χ1n) is 4.72. The Kier molecular flexibility index (Phi) is 4.49. The van der Waals surface area contributed by atoms with Gasteiger partial charge >= 0.3 is 0 Å². The summed E-state index contributed by atoms with van der Waals surface area (Å²) >= 11 is 3.31. The third-order valence-electron chi connectivity index (χ3n) is 2.13. The third-order valence-corrected chi connectivity index (χ3v) is 2.65. The van der Waals surface area contributed by atoms with Crippen molar-refractivity contribution in [1.29, 1.82) is 0 Å². The van der Waals surface area contributed by atoms with Crippen LogP contribution in [0.5, 0.6) is 0 Å². The van der Waals surface area contributed by atoms with Gasteiger partial charge in [0.25, 0.3) is 0 Å². The number of rotatable bonds is 4. The number of likely N-dealkylation sites (N-methyl/N-ethyl adjacent to an activating group) is 1. The van der Waals surface area contributed by atoms with Gasteiger partial charge in [0.1, 0.15) is 6.04 Å². The average molecular weight is 285 g/mol. The van der Waals surface area contributed by atoms with Crippen molar-refractivity contribution < 1.29 is 9.59 Å². The van der Waals surface area contributed by atoms with Crippen molar-refractivity contribution in [3.05, 3.63) is 34.3 Å². The monoisotopic (exact) mass is 284 g/mol. The maximum absolute atomic E-state index is 11.8. The molecule has 0 bridgehead atoms. The Morgan fingerprint density at radius 3 is 2.38 bits per heavy atom. The standard InChI is InChI=1S/C11H13BrN2O2/c1-14(2)11(16)10(13-7-15)8-3-5-9(12)6-4-8/h3-7,10H,1-2H3,(H,13,15). The maximum Gasteiger partial charge on any atom is 0.249 e. The van der Waals surface area contributed by atoms with Gasteiger partial charge in [-0.05, 0) is 17.7 Å². The van der Waals surface area contributed by atoms with E-state index in [1.165, 1.54) is 4.90 Å². The van der Waals surface area contributed by atoms with Crippen LogP contribution in [0.15, 0.2) is 28.7 Å². The number of nitrogens with zero attached hydrogens (tertiary/aromatic N) is 1. The summed E-state index contributed by atoms with van der Waals surface area (Å²) in [6, 6.07) is 6.63. The van der Waals surface area contributed by atoms with Gasteiger partial charge in [-0.1, -0.05) is 28.1 Å². The zero-order valence-electron chi connectivity index (χ0n) is 9.11. The number of halogens is 1. The van der Waals surface area contributed by atoms with E-state index in [0.717, 1.165) is 10.0 Å². The molecular formula is C11H13BrN2O2. The highest BCUT2D eigenvalue weighted by molar-refractivity contribution is 9.10. The van der Waals surface area contributed by atoms with Gasteiger partial charge in [-0.25, -0.2) is 0 Å². The van der Waals surface area contributed by atoms with Crippen LogP contribution in [0.3, 0.4) is 0 Å². The van der Waals surface area contributed by atoms with Gasteiger partial charge in [0.2, 0.25) is 12.3 Å². The van der Waals surface area contributed by atoms with Gasteiger partial charge in [-0.2, -0.15) is 0 Å².